The summed E-state index contributed by atoms with van der Waals surface area (Å²) >= 11 is 3.39. The van der Waals surface area contributed by atoms with E-state index < -0.39 is 0 Å². The van der Waals surface area contributed by atoms with Crippen LogP contribution in [-0.4, -0.2) is 17.7 Å². The van der Waals surface area contributed by atoms with Gasteiger partial charge < -0.3 is 9.53 Å². The standard InChI is InChI=1S/C16H21BrO2/c1-11-7-13(14(9-17)10-18)8-12(2)16(11)19-15-5-3-4-6-15/h7-8,10,14-15H,3-6,9H2,1-2H3. The van der Waals surface area contributed by atoms with Crippen molar-refractivity contribution in [3.05, 3.63) is 28.8 Å². The van der Waals surface area contributed by atoms with E-state index in [9.17, 15) is 4.79 Å². The second-order valence-electron chi connectivity index (χ2n) is 5.41. The van der Waals surface area contributed by atoms with Gasteiger partial charge in [-0.2, -0.15) is 0 Å². The molecule has 0 aliphatic heterocycles. The van der Waals surface area contributed by atoms with Gasteiger partial charge in [-0.3, -0.25) is 0 Å². The van der Waals surface area contributed by atoms with Gasteiger partial charge in [0.05, 0.1) is 6.10 Å². The van der Waals surface area contributed by atoms with Crippen LogP contribution in [0.4, 0.5) is 0 Å². The zero-order valence-electron chi connectivity index (χ0n) is 11.6. The van der Waals surface area contributed by atoms with Gasteiger partial charge in [0.15, 0.2) is 0 Å². The van der Waals surface area contributed by atoms with Crippen molar-refractivity contribution in [3.63, 3.8) is 0 Å². The Labute approximate surface area is 123 Å². The van der Waals surface area contributed by atoms with Gasteiger partial charge in [-0.05, 0) is 56.2 Å². The van der Waals surface area contributed by atoms with Crippen molar-refractivity contribution >= 4 is 22.2 Å². The van der Waals surface area contributed by atoms with Crippen molar-refractivity contribution in [1.29, 1.82) is 0 Å². The number of carbonyl (C=O) groups is 1. The second kappa shape index (κ2) is 6.56. The van der Waals surface area contributed by atoms with Crippen LogP contribution in [0.2, 0.25) is 0 Å². The molecule has 0 radical (unpaired) electrons. The van der Waals surface area contributed by atoms with Crippen LogP contribution in [0, 0.1) is 13.8 Å². The van der Waals surface area contributed by atoms with Crippen LogP contribution in [0.1, 0.15) is 48.3 Å². The van der Waals surface area contributed by atoms with E-state index in [1.807, 2.05) is 0 Å². The molecule has 1 aromatic carbocycles. The number of aldehydes is 1. The van der Waals surface area contributed by atoms with Gasteiger partial charge in [-0.25, -0.2) is 0 Å². The highest BCUT2D eigenvalue weighted by Crippen LogP contribution is 2.32. The first-order valence-electron chi connectivity index (χ1n) is 6.94. The van der Waals surface area contributed by atoms with E-state index in [-0.39, 0.29) is 5.92 Å². The van der Waals surface area contributed by atoms with E-state index in [2.05, 4.69) is 41.9 Å². The molecule has 0 aromatic heterocycles. The molecule has 2 nitrogen and oxygen atoms in total. The van der Waals surface area contributed by atoms with Crippen molar-refractivity contribution in [2.24, 2.45) is 0 Å². The molecular weight excluding hydrogens is 304 g/mol. The first kappa shape index (κ1) is 14.6. The third kappa shape index (κ3) is 3.38. The molecule has 0 spiro atoms. The van der Waals surface area contributed by atoms with Crippen LogP contribution < -0.4 is 4.74 Å². The molecule has 19 heavy (non-hydrogen) atoms. The first-order chi connectivity index (χ1) is 9.15. The van der Waals surface area contributed by atoms with Crippen LogP contribution >= 0.6 is 15.9 Å². The number of hydrogen-bond acceptors (Lipinski definition) is 2. The third-order valence-electron chi connectivity index (χ3n) is 3.83. The van der Waals surface area contributed by atoms with Gasteiger partial charge in [0.1, 0.15) is 12.0 Å². The number of aryl methyl sites for hydroxylation is 2. The monoisotopic (exact) mass is 324 g/mol. The van der Waals surface area contributed by atoms with Crippen LogP contribution in [0.15, 0.2) is 12.1 Å². The van der Waals surface area contributed by atoms with Gasteiger partial charge in [0.25, 0.3) is 0 Å². The summed E-state index contributed by atoms with van der Waals surface area (Å²) in [5.74, 6) is 0.938. The lowest BCUT2D eigenvalue weighted by molar-refractivity contribution is -0.108. The smallest absolute Gasteiger partial charge is 0.128 e. The van der Waals surface area contributed by atoms with Crippen LogP contribution in [-0.2, 0) is 4.79 Å². The van der Waals surface area contributed by atoms with Crippen LogP contribution in [0.3, 0.4) is 0 Å². The number of rotatable bonds is 5. The van der Waals surface area contributed by atoms with Gasteiger partial charge in [-0.15, -0.1) is 0 Å². The van der Waals surface area contributed by atoms with E-state index in [1.165, 1.54) is 25.7 Å². The molecule has 0 N–H and O–H groups in total. The zero-order valence-corrected chi connectivity index (χ0v) is 13.2. The topological polar surface area (TPSA) is 26.3 Å². The number of ether oxygens (including phenoxy) is 1. The summed E-state index contributed by atoms with van der Waals surface area (Å²) in [6.45, 7) is 4.13. The normalized spacial score (nSPS) is 17.4. The van der Waals surface area contributed by atoms with E-state index in [0.29, 0.717) is 11.4 Å². The fraction of sp³-hybridized carbons (Fsp3) is 0.562. The van der Waals surface area contributed by atoms with Gasteiger partial charge in [0, 0.05) is 11.2 Å². The lowest BCUT2D eigenvalue weighted by Gasteiger charge is -2.19. The number of benzene rings is 1. The highest BCUT2D eigenvalue weighted by atomic mass is 79.9. The highest BCUT2D eigenvalue weighted by molar-refractivity contribution is 9.09. The molecule has 104 valence electrons. The van der Waals surface area contributed by atoms with E-state index in [4.69, 9.17) is 4.74 Å². The number of hydrogen-bond donors (Lipinski definition) is 0. The summed E-state index contributed by atoms with van der Waals surface area (Å²) in [6.07, 6.45) is 6.26. The Morgan fingerprint density at radius 3 is 2.37 bits per heavy atom. The van der Waals surface area contributed by atoms with Gasteiger partial charge >= 0.3 is 0 Å². The van der Waals surface area contributed by atoms with Gasteiger partial charge in [0.2, 0.25) is 0 Å². The molecule has 0 amide bonds. The molecule has 0 saturated heterocycles. The molecule has 1 saturated carbocycles. The fourth-order valence-electron chi connectivity index (χ4n) is 2.76. The van der Waals surface area contributed by atoms with E-state index >= 15 is 0 Å². The van der Waals surface area contributed by atoms with Crippen molar-refractivity contribution in [3.8, 4) is 5.75 Å². The summed E-state index contributed by atoms with van der Waals surface area (Å²) in [5.41, 5.74) is 3.34. The summed E-state index contributed by atoms with van der Waals surface area (Å²) < 4.78 is 6.14. The molecule has 1 unspecified atom stereocenters. The summed E-state index contributed by atoms with van der Waals surface area (Å²) in [6, 6.07) is 4.16. The van der Waals surface area contributed by atoms with Crippen molar-refractivity contribution in [2.75, 3.05) is 5.33 Å². The number of halogens is 1. The SMILES string of the molecule is Cc1cc(C(C=O)CBr)cc(C)c1OC1CCCC1. The molecule has 2 rings (SSSR count). The lowest BCUT2D eigenvalue weighted by Crippen LogP contribution is -2.13. The largest absolute Gasteiger partial charge is 0.490 e. The predicted octanol–water partition coefficient (Wildman–Crippen LogP) is 4.30. The minimum atomic E-state index is -0.0714. The quantitative estimate of drug-likeness (QED) is 0.596. The maximum Gasteiger partial charge on any atom is 0.128 e. The molecular formula is C16H21BrO2. The average molecular weight is 325 g/mol. The summed E-state index contributed by atoms with van der Waals surface area (Å²) in [7, 11) is 0. The Hall–Kier alpha value is -0.830. The van der Waals surface area contributed by atoms with Crippen LogP contribution in [0.5, 0.6) is 5.75 Å². The lowest BCUT2D eigenvalue weighted by atomic mass is 9.97. The maximum absolute atomic E-state index is 11.1. The Morgan fingerprint density at radius 1 is 1.32 bits per heavy atom. The molecule has 1 aliphatic rings. The average Bonchev–Trinajstić information content (AvgIpc) is 2.88. The maximum atomic E-state index is 11.1. The third-order valence-corrected chi connectivity index (χ3v) is 4.53. The highest BCUT2D eigenvalue weighted by Gasteiger charge is 2.19. The summed E-state index contributed by atoms with van der Waals surface area (Å²) in [4.78, 5) is 11.1. The predicted molar refractivity (Wildman–Crippen MR) is 81.4 cm³/mol. The molecule has 1 fully saturated rings. The summed E-state index contributed by atoms with van der Waals surface area (Å²) in [5, 5.41) is 0.665. The van der Waals surface area contributed by atoms with Crippen LogP contribution in [0.25, 0.3) is 0 Å². The molecule has 1 aliphatic carbocycles. The minimum absolute atomic E-state index is 0.0714. The van der Waals surface area contributed by atoms with Gasteiger partial charge in [-0.1, -0.05) is 28.1 Å². The van der Waals surface area contributed by atoms with E-state index in [1.54, 1.807) is 0 Å². The molecule has 0 bridgehead atoms. The Kier molecular flexibility index (Phi) is 5.03. The first-order valence-corrected chi connectivity index (χ1v) is 8.07. The van der Waals surface area contributed by atoms with Crippen molar-refractivity contribution in [1.82, 2.24) is 0 Å². The minimum Gasteiger partial charge on any atom is -0.490 e. The zero-order chi connectivity index (χ0) is 13.8. The molecule has 1 atom stereocenters. The van der Waals surface area contributed by atoms with Crippen molar-refractivity contribution in [2.45, 2.75) is 51.6 Å². The number of alkyl halides is 1. The second-order valence-corrected chi connectivity index (χ2v) is 6.05. The van der Waals surface area contributed by atoms with E-state index in [0.717, 1.165) is 28.7 Å². The Balaban J connectivity index is 2.23. The Morgan fingerprint density at radius 2 is 1.89 bits per heavy atom. The van der Waals surface area contributed by atoms with Crippen molar-refractivity contribution < 1.29 is 9.53 Å². The fourth-order valence-corrected chi connectivity index (χ4v) is 3.29. The number of carbonyl (C=O) groups excluding carboxylic acids is 1. The molecule has 1 aromatic rings. The Bertz CT molecular complexity index is 427. The molecule has 3 heteroatoms. The molecule has 0 heterocycles.